The molecule has 0 aliphatic carbocycles. The van der Waals surface area contributed by atoms with Crippen LogP contribution >= 0.6 is 0 Å². The van der Waals surface area contributed by atoms with Gasteiger partial charge in [0.15, 0.2) is 11.5 Å². The number of amides is 1. The molecule has 0 bridgehead atoms. The summed E-state index contributed by atoms with van der Waals surface area (Å²) in [5.41, 5.74) is 0.837. The molecule has 2 aromatic carbocycles. The molecule has 1 saturated heterocycles. The van der Waals surface area contributed by atoms with Gasteiger partial charge in [0.05, 0.1) is 22.9 Å². The van der Waals surface area contributed by atoms with Gasteiger partial charge in [0.1, 0.15) is 23.4 Å². The van der Waals surface area contributed by atoms with Crippen LogP contribution in [0.15, 0.2) is 64.8 Å². The molecule has 164 valence electrons. The summed E-state index contributed by atoms with van der Waals surface area (Å²) >= 11 is 0. The molecule has 33 heavy (non-hydrogen) atoms. The Morgan fingerprint density at radius 1 is 1.12 bits per heavy atom. The Labute approximate surface area is 184 Å². The van der Waals surface area contributed by atoms with E-state index >= 15 is 0 Å². The quantitative estimate of drug-likeness (QED) is 0.280. The van der Waals surface area contributed by atoms with Gasteiger partial charge in [-0.15, -0.1) is 0 Å². The Hall–Kier alpha value is -4.60. The molecule has 0 spiro atoms. The van der Waals surface area contributed by atoms with Crippen molar-refractivity contribution in [3.05, 3.63) is 77.5 Å². The van der Waals surface area contributed by atoms with Gasteiger partial charge in [-0.3, -0.25) is 14.5 Å². The highest BCUT2D eigenvalue weighted by Crippen LogP contribution is 2.43. The number of rotatable bonds is 3. The van der Waals surface area contributed by atoms with Gasteiger partial charge in [0.25, 0.3) is 5.78 Å². The van der Waals surface area contributed by atoms with E-state index in [2.05, 4.69) is 9.97 Å². The number of carbonyl (C=O) groups excluding carboxylic acids is 2. The number of imidazole rings is 1. The number of ether oxygens (including phenoxy) is 2. The average molecular weight is 447 g/mol. The molecule has 2 N–H and O–H groups in total. The zero-order chi connectivity index (χ0) is 22.7. The predicted octanol–water partition coefficient (Wildman–Crippen LogP) is 3.65. The Bertz CT molecular complexity index is 1470. The van der Waals surface area contributed by atoms with Crippen molar-refractivity contribution in [2.75, 3.05) is 11.7 Å². The minimum Gasteiger partial charge on any atom is -0.507 e. The number of halogens is 1. The summed E-state index contributed by atoms with van der Waals surface area (Å²) < 4.78 is 29.8. The number of furan rings is 1. The van der Waals surface area contributed by atoms with Crippen molar-refractivity contribution in [2.24, 2.45) is 0 Å². The van der Waals surface area contributed by atoms with Crippen molar-refractivity contribution in [2.45, 2.75) is 6.04 Å². The number of nitrogens with one attached hydrogen (secondary N) is 1. The number of aromatic amines is 1. The van der Waals surface area contributed by atoms with Crippen LogP contribution in [0.2, 0.25) is 0 Å². The number of aliphatic hydroxyl groups excluding tert-OH is 1. The number of aliphatic hydroxyl groups is 1. The SMILES string of the molecule is O=C1C(=O)N(c2nc3ccc(F)cc3[nH]2)C(c2ccco2)/C1=C(\O)c1ccc2c(c1)OCO2. The second-order valence-corrected chi connectivity index (χ2v) is 7.47. The van der Waals surface area contributed by atoms with Crippen molar-refractivity contribution in [1.29, 1.82) is 0 Å². The second-order valence-electron chi connectivity index (χ2n) is 7.47. The fraction of sp³-hybridized carbons (Fsp3) is 0.0870. The topological polar surface area (TPSA) is 118 Å². The minimum absolute atomic E-state index is 0.0174. The number of fused-ring (bicyclic) bond motifs is 2. The standard InChI is InChI=1S/C23H14FN3O6/c24-12-4-5-13-14(9-12)26-23(25-13)27-19(16-2-1-7-31-16)18(21(29)22(27)30)20(28)11-3-6-15-17(8-11)33-10-32-15/h1-9,19,28H,10H2,(H,25,26)/b20-18+. The van der Waals surface area contributed by atoms with E-state index in [9.17, 15) is 19.1 Å². The number of anilines is 1. The number of ketones is 1. The second kappa shape index (κ2) is 6.95. The summed E-state index contributed by atoms with van der Waals surface area (Å²) in [6, 6.07) is 10.7. The number of carbonyl (C=O) groups is 2. The van der Waals surface area contributed by atoms with Crippen molar-refractivity contribution in [3.63, 3.8) is 0 Å². The fourth-order valence-electron chi connectivity index (χ4n) is 4.05. The van der Waals surface area contributed by atoms with Crippen LogP contribution in [-0.2, 0) is 9.59 Å². The number of hydrogen-bond donors (Lipinski definition) is 2. The third-order valence-electron chi connectivity index (χ3n) is 5.56. The Morgan fingerprint density at radius 2 is 1.97 bits per heavy atom. The smallest absolute Gasteiger partial charge is 0.302 e. The van der Waals surface area contributed by atoms with E-state index in [0.29, 0.717) is 22.5 Å². The summed E-state index contributed by atoms with van der Waals surface area (Å²) in [6.45, 7) is 0.0446. The Morgan fingerprint density at radius 3 is 2.79 bits per heavy atom. The third kappa shape index (κ3) is 2.88. The van der Waals surface area contributed by atoms with E-state index in [0.717, 1.165) is 4.90 Å². The largest absolute Gasteiger partial charge is 0.507 e. The highest BCUT2D eigenvalue weighted by molar-refractivity contribution is 6.51. The maximum absolute atomic E-state index is 13.7. The lowest BCUT2D eigenvalue weighted by molar-refractivity contribution is -0.132. The van der Waals surface area contributed by atoms with E-state index in [1.807, 2.05) is 0 Å². The van der Waals surface area contributed by atoms with Crippen LogP contribution in [-0.4, -0.2) is 33.6 Å². The molecule has 2 aliphatic rings. The van der Waals surface area contributed by atoms with Gasteiger partial charge in [0, 0.05) is 5.56 Å². The van der Waals surface area contributed by atoms with Crippen molar-refractivity contribution >= 4 is 34.4 Å². The number of nitrogens with zero attached hydrogens (tertiary/aromatic N) is 2. The zero-order valence-corrected chi connectivity index (χ0v) is 16.7. The van der Waals surface area contributed by atoms with Crippen LogP contribution in [0.4, 0.5) is 10.3 Å². The zero-order valence-electron chi connectivity index (χ0n) is 16.7. The lowest BCUT2D eigenvalue weighted by Crippen LogP contribution is -2.30. The lowest BCUT2D eigenvalue weighted by Gasteiger charge is -2.20. The molecule has 4 aromatic rings. The number of benzene rings is 2. The van der Waals surface area contributed by atoms with Crippen LogP contribution in [0.5, 0.6) is 11.5 Å². The van der Waals surface area contributed by atoms with Crippen LogP contribution < -0.4 is 14.4 Å². The molecule has 1 atom stereocenters. The maximum Gasteiger partial charge on any atom is 0.302 e. The molecule has 9 nitrogen and oxygen atoms in total. The molecule has 1 unspecified atom stereocenters. The lowest BCUT2D eigenvalue weighted by atomic mass is 9.99. The molecule has 0 saturated carbocycles. The molecular formula is C23H14FN3O6. The molecule has 1 amide bonds. The summed E-state index contributed by atoms with van der Waals surface area (Å²) in [5, 5.41) is 11.1. The molecule has 2 aromatic heterocycles. The summed E-state index contributed by atoms with van der Waals surface area (Å²) in [4.78, 5) is 34.5. The van der Waals surface area contributed by atoms with E-state index in [-0.39, 0.29) is 29.6 Å². The van der Waals surface area contributed by atoms with Crippen LogP contribution in [0, 0.1) is 5.82 Å². The Kier molecular flexibility index (Phi) is 4.03. The first-order valence-electron chi connectivity index (χ1n) is 9.91. The molecule has 4 heterocycles. The molecule has 6 rings (SSSR count). The molecule has 10 heteroatoms. The van der Waals surface area contributed by atoms with Crippen LogP contribution in [0.3, 0.4) is 0 Å². The van der Waals surface area contributed by atoms with E-state index in [1.54, 1.807) is 24.3 Å². The number of aromatic nitrogens is 2. The van der Waals surface area contributed by atoms with Gasteiger partial charge >= 0.3 is 5.91 Å². The van der Waals surface area contributed by atoms with Gasteiger partial charge < -0.3 is 24.0 Å². The first-order chi connectivity index (χ1) is 16.0. The monoisotopic (exact) mass is 447 g/mol. The van der Waals surface area contributed by atoms with Crippen LogP contribution in [0.1, 0.15) is 17.4 Å². The minimum atomic E-state index is -1.10. The van der Waals surface area contributed by atoms with Gasteiger partial charge in [-0.25, -0.2) is 9.37 Å². The van der Waals surface area contributed by atoms with Gasteiger partial charge in [0.2, 0.25) is 12.7 Å². The van der Waals surface area contributed by atoms with Crippen LogP contribution in [0.25, 0.3) is 16.8 Å². The van der Waals surface area contributed by atoms with Crippen molar-refractivity contribution in [1.82, 2.24) is 9.97 Å². The van der Waals surface area contributed by atoms with Crippen molar-refractivity contribution in [3.8, 4) is 11.5 Å². The summed E-state index contributed by atoms with van der Waals surface area (Å²) in [7, 11) is 0. The van der Waals surface area contributed by atoms with Crippen molar-refractivity contribution < 1.29 is 33.0 Å². The summed E-state index contributed by atoms with van der Waals surface area (Å²) in [5.74, 6) is -1.56. The highest BCUT2D eigenvalue weighted by Gasteiger charge is 2.49. The maximum atomic E-state index is 13.7. The number of H-pyrrole nitrogens is 1. The summed E-state index contributed by atoms with van der Waals surface area (Å²) in [6.07, 6.45) is 1.39. The highest BCUT2D eigenvalue weighted by atomic mass is 19.1. The third-order valence-corrected chi connectivity index (χ3v) is 5.56. The molecular weight excluding hydrogens is 433 g/mol. The van der Waals surface area contributed by atoms with Gasteiger partial charge in [-0.1, -0.05) is 0 Å². The fourth-order valence-corrected chi connectivity index (χ4v) is 4.05. The molecule has 1 fully saturated rings. The molecule has 0 radical (unpaired) electrons. The van der Waals surface area contributed by atoms with Gasteiger partial charge in [-0.05, 0) is 48.5 Å². The molecule has 2 aliphatic heterocycles. The predicted molar refractivity (Wildman–Crippen MR) is 112 cm³/mol. The average Bonchev–Trinajstić information content (AvgIpc) is 3.59. The number of hydrogen-bond acceptors (Lipinski definition) is 7. The van der Waals surface area contributed by atoms with E-state index in [1.165, 1.54) is 30.5 Å². The van der Waals surface area contributed by atoms with E-state index in [4.69, 9.17) is 13.9 Å². The normalized spacial score (nSPS) is 19.1. The first kappa shape index (κ1) is 19.1. The number of Topliss-reactive ketones (excluding diaryl/α,β-unsaturated/α-hetero) is 1. The Balaban J connectivity index is 1.53. The first-order valence-corrected chi connectivity index (χ1v) is 9.91. The van der Waals surface area contributed by atoms with E-state index < -0.39 is 29.3 Å². The van der Waals surface area contributed by atoms with Gasteiger partial charge in [-0.2, -0.15) is 0 Å².